The van der Waals surface area contributed by atoms with Crippen LogP contribution in [0.1, 0.15) is 74.2 Å². The van der Waals surface area contributed by atoms with E-state index < -0.39 is 6.04 Å². The Balaban J connectivity index is 0.000000659. The molecule has 2 atom stereocenters. The molecule has 462 valence electrons. The first-order valence-electron chi connectivity index (χ1n) is 29.4. The lowest BCUT2D eigenvalue weighted by atomic mass is 9.99. The van der Waals surface area contributed by atoms with Crippen LogP contribution in [0.3, 0.4) is 0 Å². The number of carbonyl (C=O) groups excluding carboxylic acids is 4. The minimum absolute atomic E-state index is 0.0921. The summed E-state index contributed by atoms with van der Waals surface area (Å²) in [5.41, 5.74) is 6.13. The fourth-order valence-electron chi connectivity index (χ4n) is 9.04. The lowest BCUT2D eigenvalue weighted by Gasteiger charge is -2.35. The van der Waals surface area contributed by atoms with Gasteiger partial charge in [0.15, 0.2) is 5.13 Å². The minimum Gasteiger partial charge on any atom is -0.494 e. The number of carbonyl (C=O) groups is 4. The second kappa shape index (κ2) is 38.6. The lowest BCUT2D eigenvalue weighted by molar-refractivity contribution is -0.143. The number of allylic oxidation sites excluding steroid dienone is 2. The van der Waals surface area contributed by atoms with Gasteiger partial charge in [0.1, 0.15) is 24.1 Å². The van der Waals surface area contributed by atoms with Gasteiger partial charge in [0.2, 0.25) is 24.1 Å². The first-order chi connectivity index (χ1) is 41.2. The fourth-order valence-corrected chi connectivity index (χ4v) is 9.71. The summed E-state index contributed by atoms with van der Waals surface area (Å²) >= 11 is 1.54. The molecule has 3 N–H and O–H groups in total. The van der Waals surface area contributed by atoms with Crippen molar-refractivity contribution < 1.29 is 42.9 Å². The van der Waals surface area contributed by atoms with Gasteiger partial charge in [-0.2, -0.15) is 0 Å². The molecule has 1 fully saturated rings. The van der Waals surface area contributed by atoms with Gasteiger partial charge in [-0.25, -0.2) is 9.67 Å². The quantitative estimate of drug-likeness (QED) is 0.0196. The van der Waals surface area contributed by atoms with Crippen molar-refractivity contribution in [3.05, 3.63) is 149 Å². The maximum absolute atomic E-state index is 13.9. The largest absolute Gasteiger partial charge is 0.494 e. The number of aromatic nitrogens is 4. The molecular formula is C64H91N11O9S. The number of aryl methyl sites for hydroxylation is 2. The molecular weight excluding hydrogens is 1100 g/mol. The van der Waals surface area contributed by atoms with E-state index in [1.165, 1.54) is 11.3 Å². The van der Waals surface area contributed by atoms with Crippen LogP contribution in [0.15, 0.2) is 121 Å². The zero-order chi connectivity index (χ0) is 61.2. The van der Waals surface area contributed by atoms with E-state index in [0.29, 0.717) is 96.5 Å². The van der Waals surface area contributed by atoms with Gasteiger partial charge >= 0.3 is 0 Å². The molecule has 1 aliphatic rings. The number of anilines is 2. The average molecular weight is 1190 g/mol. The van der Waals surface area contributed by atoms with E-state index in [0.717, 1.165) is 96.6 Å². The van der Waals surface area contributed by atoms with Crippen molar-refractivity contribution >= 4 is 46.3 Å². The van der Waals surface area contributed by atoms with Gasteiger partial charge in [-0.3, -0.25) is 19.2 Å². The summed E-state index contributed by atoms with van der Waals surface area (Å²) in [4.78, 5) is 62.9. The van der Waals surface area contributed by atoms with Gasteiger partial charge in [-0.15, -0.1) is 16.4 Å². The number of nitrogens with zero attached hydrogens (tertiary/aromatic N) is 8. The number of amides is 4. The van der Waals surface area contributed by atoms with Crippen molar-refractivity contribution in [1.82, 2.24) is 44.9 Å². The fraction of sp³-hybridized carbons (Fsp3) is 0.484. The number of nitrogens with one attached hydrogen (secondary N) is 3. The SMILES string of the molecule is C=C/C=C(\C=C)C(C)NC(=O)C(c1ccc(C)cc1)N(C(=O)CCc1ccc(OCCCCN(C)CCOCCOCCc2cn(CCOCCOc3ccc(NC=O)cc3)nn2)cc1)C(C)C.CNc1nc(CC(=O)N2CCN(C)CC2)cs1. The molecule has 1 saturated heterocycles. The van der Waals surface area contributed by atoms with Gasteiger partial charge < -0.3 is 59.2 Å². The highest BCUT2D eigenvalue weighted by Crippen LogP contribution is 2.27. The van der Waals surface area contributed by atoms with Crippen LogP contribution in [-0.4, -0.2) is 189 Å². The van der Waals surface area contributed by atoms with Crippen molar-refractivity contribution in [2.45, 2.75) is 90.9 Å². The maximum Gasteiger partial charge on any atom is 0.247 e. The zero-order valence-electron chi connectivity index (χ0n) is 51.0. The van der Waals surface area contributed by atoms with Crippen LogP contribution in [-0.2, 0) is 59.2 Å². The monoisotopic (exact) mass is 1190 g/mol. The Morgan fingerprint density at radius 2 is 1.46 bits per heavy atom. The average Bonchev–Trinajstić information content (AvgIpc) is 4.33. The molecule has 2 aromatic heterocycles. The molecule has 0 spiro atoms. The van der Waals surface area contributed by atoms with Crippen LogP contribution >= 0.6 is 11.3 Å². The van der Waals surface area contributed by atoms with Gasteiger partial charge in [0.25, 0.3) is 0 Å². The number of hydrogen-bond donors (Lipinski definition) is 3. The Bertz CT molecular complexity index is 2780. The summed E-state index contributed by atoms with van der Waals surface area (Å²) < 4.78 is 30.6. The molecule has 21 heteroatoms. The normalized spacial score (nSPS) is 13.3. The van der Waals surface area contributed by atoms with Crippen LogP contribution < -0.4 is 25.4 Å². The van der Waals surface area contributed by atoms with Crippen LogP contribution in [0.5, 0.6) is 11.5 Å². The summed E-state index contributed by atoms with van der Waals surface area (Å²) in [5, 5.41) is 19.9. The second-order valence-electron chi connectivity index (χ2n) is 21.0. The predicted molar refractivity (Wildman–Crippen MR) is 336 cm³/mol. The summed E-state index contributed by atoms with van der Waals surface area (Å²) in [6, 6.07) is 21.5. The number of benzene rings is 3. The highest BCUT2D eigenvalue weighted by atomic mass is 32.1. The number of unbranched alkanes of at least 4 members (excludes halogenated alkanes) is 1. The second-order valence-corrected chi connectivity index (χ2v) is 21.9. The van der Waals surface area contributed by atoms with E-state index >= 15 is 0 Å². The molecule has 0 saturated carbocycles. The molecule has 3 heterocycles. The van der Waals surface area contributed by atoms with Crippen LogP contribution in [0.2, 0.25) is 0 Å². The number of hydrogen-bond acceptors (Lipinski definition) is 16. The van der Waals surface area contributed by atoms with E-state index in [2.05, 4.69) is 68.3 Å². The maximum atomic E-state index is 13.9. The number of piperazine rings is 1. The van der Waals surface area contributed by atoms with Gasteiger partial charge in [0.05, 0.1) is 76.6 Å². The van der Waals surface area contributed by atoms with E-state index in [-0.39, 0.29) is 36.2 Å². The molecule has 2 unspecified atom stereocenters. The summed E-state index contributed by atoms with van der Waals surface area (Å²) in [6.45, 7) is 25.6. The summed E-state index contributed by atoms with van der Waals surface area (Å²) in [7, 11) is 6.02. The molecule has 0 bridgehead atoms. The molecule has 0 aliphatic carbocycles. The van der Waals surface area contributed by atoms with Gasteiger partial charge in [-0.05, 0) is 121 Å². The Kier molecular flexibility index (Phi) is 31.1. The molecule has 6 rings (SSSR count). The van der Waals surface area contributed by atoms with E-state index in [1.807, 2.05) is 106 Å². The molecule has 20 nitrogen and oxygen atoms in total. The molecule has 0 radical (unpaired) electrons. The Hall–Kier alpha value is -7.27. The Morgan fingerprint density at radius 1 is 0.788 bits per heavy atom. The Labute approximate surface area is 507 Å². The first kappa shape index (κ1) is 68.5. The van der Waals surface area contributed by atoms with Crippen molar-refractivity contribution in [3.8, 4) is 11.5 Å². The highest BCUT2D eigenvalue weighted by molar-refractivity contribution is 7.13. The Morgan fingerprint density at radius 3 is 2.12 bits per heavy atom. The number of rotatable bonds is 38. The lowest BCUT2D eigenvalue weighted by Crippen LogP contribution is -2.49. The topological polar surface area (TPSA) is 207 Å². The van der Waals surface area contributed by atoms with Gasteiger partial charge in [-0.1, -0.05) is 78.6 Å². The van der Waals surface area contributed by atoms with E-state index in [4.69, 9.17) is 23.7 Å². The third-order valence-electron chi connectivity index (χ3n) is 14.0. The standard InChI is InChI=1S/C53H73N7O8.C11H18N4OS/c1-8-12-45(9-2)43(6)55-53(63)52(46-18-13-42(5)14-19-46)60(41(3)4)51(62)26-17-44-15-22-49(23-16-44)67-31-11-10-28-58(7)29-33-65-36-35-64-32-27-48-39-59(57-56-48)30-34-66-37-38-68-50-24-20-47(21-25-50)54-40-61;1-12-11-13-9(8-17-11)7-10(16)15-5-3-14(2)4-6-15/h8-9,12-16,18-25,39-41,43,52H,1-2,10-11,17,26-38H2,3-7H3,(H,54,61)(H,55,63);8H,3-7H2,1-2H3,(H,12,13)/b45-12+;. The predicted octanol–water partition coefficient (Wildman–Crippen LogP) is 7.83. The van der Waals surface area contributed by atoms with E-state index in [9.17, 15) is 19.2 Å². The van der Waals surface area contributed by atoms with Crippen LogP contribution in [0.25, 0.3) is 0 Å². The highest BCUT2D eigenvalue weighted by Gasteiger charge is 2.34. The number of likely N-dealkylation sites (N-methyl/N-ethyl adjacent to an activating group) is 2. The van der Waals surface area contributed by atoms with Crippen LogP contribution in [0, 0.1) is 6.92 Å². The van der Waals surface area contributed by atoms with Crippen LogP contribution in [0.4, 0.5) is 10.8 Å². The van der Waals surface area contributed by atoms with Gasteiger partial charge in [0, 0.05) is 75.9 Å². The third kappa shape index (κ3) is 25.5. The minimum atomic E-state index is -0.793. The molecule has 85 heavy (non-hydrogen) atoms. The summed E-state index contributed by atoms with van der Waals surface area (Å²) in [6.07, 6.45) is 11.5. The first-order valence-corrected chi connectivity index (χ1v) is 30.2. The number of ether oxygens (including phenoxy) is 5. The number of thiazole rings is 1. The van der Waals surface area contributed by atoms with Crippen molar-refractivity contribution in [2.24, 2.45) is 0 Å². The third-order valence-corrected chi connectivity index (χ3v) is 14.9. The van der Waals surface area contributed by atoms with Crippen molar-refractivity contribution in [1.29, 1.82) is 0 Å². The molecule has 4 amide bonds. The molecule has 5 aromatic rings. The van der Waals surface area contributed by atoms with E-state index in [1.54, 1.807) is 46.0 Å². The summed E-state index contributed by atoms with van der Waals surface area (Å²) in [5.74, 6) is 1.35. The van der Waals surface area contributed by atoms with Crippen molar-refractivity contribution in [2.75, 3.05) is 124 Å². The molecule has 1 aliphatic heterocycles. The van der Waals surface area contributed by atoms with Crippen molar-refractivity contribution in [3.63, 3.8) is 0 Å². The smallest absolute Gasteiger partial charge is 0.247 e. The molecule has 3 aromatic carbocycles. The zero-order valence-corrected chi connectivity index (χ0v) is 51.9.